The second kappa shape index (κ2) is 5.04. The van der Waals surface area contributed by atoms with Crippen LogP contribution in [0.5, 0.6) is 17.5 Å². The van der Waals surface area contributed by atoms with Gasteiger partial charge in [-0.25, -0.2) is 9.97 Å². The van der Waals surface area contributed by atoms with Crippen molar-refractivity contribution in [3.05, 3.63) is 36.2 Å². The van der Waals surface area contributed by atoms with Crippen molar-refractivity contribution >= 4 is 11.6 Å². The Bertz CT molecular complexity index is 643. The molecule has 2 aromatic rings. The Morgan fingerprint density at radius 3 is 2.75 bits per heavy atom. The number of nitrogens with one attached hydrogen (secondary N) is 1. The molecule has 1 aromatic heterocycles. The zero-order valence-corrected chi connectivity index (χ0v) is 10.6. The number of ether oxygens (including phenoxy) is 3. The van der Waals surface area contributed by atoms with Gasteiger partial charge in [0.05, 0.1) is 25.2 Å². The number of rotatable bonds is 3. The summed E-state index contributed by atoms with van der Waals surface area (Å²) in [5.41, 5.74) is 0.943. The largest absolute Gasteiger partial charge is 0.467 e. The molecule has 0 unspecified atom stereocenters. The number of aromatic nitrogens is 2. The molecule has 0 radical (unpaired) electrons. The van der Waals surface area contributed by atoms with E-state index in [4.69, 9.17) is 14.2 Å². The number of nitrogens with zero attached hydrogens (tertiary/aromatic N) is 2. The highest BCUT2D eigenvalue weighted by molar-refractivity contribution is 6.04. The van der Waals surface area contributed by atoms with Crippen molar-refractivity contribution in [3.63, 3.8) is 0 Å². The SMILES string of the molecule is COc1ncc(NC(=O)c2ccc3c(c2)OCO3)cn1. The number of fused-ring (bicyclic) bond motifs is 1. The van der Waals surface area contributed by atoms with Gasteiger partial charge >= 0.3 is 6.01 Å². The van der Waals surface area contributed by atoms with Crippen molar-refractivity contribution in [2.24, 2.45) is 0 Å². The third-order valence-electron chi connectivity index (χ3n) is 2.70. The molecule has 7 nitrogen and oxygen atoms in total. The van der Waals surface area contributed by atoms with E-state index in [0.29, 0.717) is 22.7 Å². The fourth-order valence-electron chi connectivity index (χ4n) is 1.73. The van der Waals surface area contributed by atoms with Crippen LogP contribution in [0.3, 0.4) is 0 Å². The summed E-state index contributed by atoms with van der Waals surface area (Å²) < 4.78 is 15.3. The monoisotopic (exact) mass is 273 g/mol. The van der Waals surface area contributed by atoms with E-state index in [2.05, 4.69) is 15.3 Å². The van der Waals surface area contributed by atoms with Gasteiger partial charge in [0.1, 0.15) is 0 Å². The third kappa shape index (κ3) is 2.33. The van der Waals surface area contributed by atoms with Crippen LogP contribution in [0.1, 0.15) is 10.4 Å². The first-order chi connectivity index (χ1) is 9.76. The second-order valence-electron chi connectivity index (χ2n) is 3.98. The van der Waals surface area contributed by atoms with Crippen molar-refractivity contribution < 1.29 is 19.0 Å². The molecule has 102 valence electrons. The summed E-state index contributed by atoms with van der Waals surface area (Å²) in [6.07, 6.45) is 2.94. The molecule has 0 bridgehead atoms. The maximum atomic E-state index is 12.1. The normalized spacial score (nSPS) is 12.1. The fraction of sp³-hybridized carbons (Fsp3) is 0.154. The fourth-order valence-corrected chi connectivity index (χ4v) is 1.73. The standard InChI is InChI=1S/C13H11N3O4/c1-18-13-14-5-9(6-15-13)16-12(17)8-2-3-10-11(4-8)20-7-19-10/h2-6H,7H2,1H3,(H,16,17). The van der Waals surface area contributed by atoms with E-state index in [-0.39, 0.29) is 18.7 Å². The predicted octanol–water partition coefficient (Wildman–Crippen LogP) is 1.47. The average molecular weight is 273 g/mol. The molecule has 1 aliphatic heterocycles. The van der Waals surface area contributed by atoms with E-state index in [9.17, 15) is 4.79 Å². The number of amides is 1. The minimum absolute atomic E-state index is 0.173. The molecular weight excluding hydrogens is 262 g/mol. The van der Waals surface area contributed by atoms with E-state index in [1.54, 1.807) is 18.2 Å². The smallest absolute Gasteiger partial charge is 0.316 e. The van der Waals surface area contributed by atoms with Crippen molar-refractivity contribution in [2.75, 3.05) is 19.2 Å². The number of anilines is 1. The number of carbonyl (C=O) groups excluding carboxylic acids is 1. The molecule has 0 saturated carbocycles. The molecule has 0 saturated heterocycles. The highest BCUT2D eigenvalue weighted by Gasteiger charge is 2.16. The second-order valence-corrected chi connectivity index (χ2v) is 3.98. The highest BCUT2D eigenvalue weighted by atomic mass is 16.7. The van der Waals surface area contributed by atoms with Crippen LogP contribution >= 0.6 is 0 Å². The van der Waals surface area contributed by atoms with E-state index in [1.807, 2.05) is 0 Å². The number of hydrogen-bond acceptors (Lipinski definition) is 6. The van der Waals surface area contributed by atoms with E-state index in [1.165, 1.54) is 19.5 Å². The first-order valence-electron chi connectivity index (χ1n) is 5.83. The number of benzene rings is 1. The van der Waals surface area contributed by atoms with Crippen LogP contribution in [0, 0.1) is 0 Å². The van der Waals surface area contributed by atoms with Gasteiger partial charge in [-0.05, 0) is 18.2 Å². The van der Waals surface area contributed by atoms with Crippen LogP contribution < -0.4 is 19.5 Å². The maximum absolute atomic E-state index is 12.1. The van der Waals surface area contributed by atoms with Gasteiger partial charge in [0.25, 0.3) is 5.91 Å². The van der Waals surface area contributed by atoms with E-state index in [0.717, 1.165) is 0 Å². The van der Waals surface area contributed by atoms with E-state index < -0.39 is 0 Å². The molecule has 1 aromatic carbocycles. The lowest BCUT2D eigenvalue weighted by Crippen LogP contribution is -2.12. The predicted molar refractivity (Wildman–Crippen MR) is 69.1 cm³/mol. The molecule has 1 N–H and O–H groups in total. The first-order valence-corrected chi connectivity index (χ1v) is 5.83. The van der Waals surface area contributed by atoms with Crippen molar-refractivity contribution in [2.45, 2.75) is 0 Å². The lowest BCUT2D eigenvalue weighted by molar-refractivity contribution is 0.102. The summed E-state index contributed by atoms with van der Waals surface area (Å²) in [5.74, 6) is 0.912. The van der Waals surface area contributed by atoms with E-state index >= 15 is 0 Å². The summed E-state index contributed by atoms with van der Waals surface area (Å²) in [7, 11) is 1.47. The lowest BCUT2D eigenvalue weighted by atomic mass is 10.2. The van der Waals surface area contributed by atoms with Crippen LogP contribution in [0.2, 0.25) is 0 Å². The van der Waals surface area contributed by atoms with Gasteiger partial charge in [-0.15, -0.1) is 0 Å². The van der Waals surface area contributed by atoms with Crippen LogP contribution in [0.25, 0.3) is 0 Å². The summed E-state index contributed by atoms with van der Waals surface area (Å²) in [6.45, 7) is 0.173. The van der Waals surface area contributed by atoms with Gasteiger partial charge < -0.3 is 19.5 Å². The van der Waals surface area contributed by atoms with Gasteiger partial charge in [0, 0.05) is 5.56 Å². The third-order valence-corrected chi connectivity index (χ3v) is 2.70. The zero-order chi connectivity index (χ0) is 13.9. The quantitative estimate of drug-likeness (QED) is 0.911. The molecule has 0 spiro atoms. The van der Waals surface area contributed by atoms with Crippen molar-refractivity contribution in [1.82, 2.24) is 9.97 Å². The Morgan fingerprint density at radius 1 is 1.25 bits per heavy atom. The highest BCUT2D eigenvalue weighted by Crippen LogP contribution is 2.32. The van der Waals surface area contributed by atoms with Gasteiger partial charge in [0.2, 0.25) is 6.79 Å². The maximum Gasteiger partial charge on any atom is 0.316 e. The molecule has 20 heavy (non-hydrogen) atoms. The lowest BCUT2D eigenvalue weighted by Gasteiger charge is -2.05. The van der Waals surface area contributed by atoms with Crippen LogP contribution in [0.15, 0.2) is 30.6 Å². The topological polar surface area (TPSA) is 82.6 Å². The molecule has 0 fully saturated rings. The zero-order valence-electron chi connectivity index (χ0n) is 10.6. The summed E-state index contributed by atoms with van der Waals surface area (Å²) in [4.78, 5) is 19.9. The Morgan fingerprint density at radius 2 is 2.00 bits per heavy atom. The van der Waals surface area contributed by atoms with Crippen molar-refractivity contribution in [3.8, 4) is 17.5 Å². The van der Waals surface area contributed by atoms with Gasteiger partial charge in [-0.3, -0.25) is 4.79 Å². The van der Waals surface area contributed by atoms with Crippen LogP contribution in [-0.4, -0.2) is 29.8 Å². The molecule has 0 aliphatic carbocycles. The first kappa shape index (κ1) is 12.2. The summed E-state index contributed by atoms with van der Waals surface area (Å²) in [5, 5.41) is 2.68. The van der Waals surface area contributed by atoms with Crippen LogP contribution in [0.4, 0.5) is 5.69 Å². The van der Waals surface area contributed by atoms with Crippen LogP contribution in [-0.2, 0) is 0 Å². The Hall–Kier alpha value is -2.83. The number of methoxy groups -OCH3 is 1. The molecule has 7 heteroatoms. The Labute approximate surface area is 114 Å². The minimum atomic E-state index is -0.280. The molecule has 1 amide bonds. The Balaban J connectivity index is 1.75. The molecule has 0 atom stereocenters. The van der Waals surface area contributed by atoms with Crippen molar-refractivity contribution in [1.29, 1.82) is 0 Å². The minimum Gasteiger partial charge on any atom is -0.467 e. The Kier molecular flexibility index (Phi) is 3.08. The number of carbonyl (C=O) groups is 1. The van der Waals surface area contributed by atoms with Gasteiger partial charge in [-0.1, -0.05) is 0 Å². The van der Waals surface area contributed by atoms with Gasteiger partial charge in [-0.2, -0.15) is 0 Å². The van der Waals surface area contributed by atoms with Gasteiger partial charge in [0.15, 0.2) is 11.5 Å². The molecule has 2 heterocycles. The summed E-state index contributed by atoms with van der Waals surface area (Å²) >= 11 is 0. The summed E-state index contributed by atoms with van der Waals surface area (Å²) in [6, 6.07) is 5.22. The average Bonchev–Trinajstić information content (AvgIpc) is 2.95. The molecular formula is C13H11N3O4. The molecule has 3 rings (SSSR count). The number of hydrogen-bond donors (Lipinski definition) is 1. The molecule has 1 aliphatic rings.